The minimum atomic E-state index is -3.59. The molecule has 0 aliphatic heterocycles. The average molecular weight is 414 g/mol. The first-order valence-electron chi connectivity index (χ1n) is 9.76. The first kappa shape index (κ1) is 21.3. The lowest BCUT2D eigenvalue weighted by atomic mass is 10.1. The number of oxazole rings is 1. The van der Waals surface area contributed by atoms with Crippen molar-refractivity contribution < 1.29 is 18.0 Å². The van der Waals surface area contributed by atoms with E-state index in [0.29, 0.717) is 24.7 Å². The zero-order valence-electron chi connectivity index (χ0n) is 17.1. The van der Waals surface area contributed by atoms with Gasteiger partial charge < -0.3 is 18.8 Å². The predicted octanol–water partition coefficient (Wildman–Crippen LogP) is 5.08. The molecule has 0 aliphatic rings. The van der Waals surface area contributed by atoms with Gasteiger partial charge in [-0.2, -0.15) is 0 Å². The lowest BCUT2D eigenvalue weighted by Gasteiger charge is -2.15. The lowest BCUT2D eigenvalue weighted by Crippen LogP contribution is -2.16. The molecule has 0 amide bonds. The van der Waals surface area contributed by atoms with Crippen molar-refractivity contribution in [2.45, 2.75) is 33.7 Å². The highest BCUT2D eigenvalue weighted by molar-refractivity contribution is 7.62. The van der Waals surface area contributed by atoms with Gasteiger partial charge in [0.15, 0.2) is 0 Å². The molecule has 0 atom stereocenters. The van der Waals surface area contributed by atoms with E-state index in [1.807, 2.05) is 61.5 Å². The van der Waals surface area contributed by atoms with Crippen LogP contribution in [0.5, 0.6) is 0 Å². The Hall–Kier alpha value is -2.40. The van der Waals surface area contributed by atoms with Crippen molar-refractivity contribution >= 4 is 18.9 Å². The van der Waals surface area contributed by atoms with Crippen molar-refractivity contribution in [1.82, 2.24) is 4.98 Å². The monoisotopic (exact) mass is 414 g/mol. The summed E-state index contributed by atoms with van der Waals surface area (Å²) in [5.74, 6) is 0.777. The first-order valence-corrected chi connectivity index (χ1v) is 11.3. The number of benzene rings is 2. The summed E-state index contributed by atoms with van der Waals surface area (Å²) < 4.78 is 30.3. The maximum Gasteiger partial charge on any atom is 0.385 e. The summed E-state index contributed by atoms with van der Waals surface area (Å²) in [6.07, 6.45) is 0.484. The van der Waals surface area contributed by atoms with Gasteiger partial charge in [-0.25, -0.2) is 4.98 Å². The Labute approximate surface area is 171 Å². The van der Waals surface area contributed by atoms with Gasteiger partial charge in [0.05, 0.1) is 13.2 Å². The molecule has 2 aromatic carbocycles. The van der Waals surface area contributed by atoms with Gasteiger partial charge in [-0.05, 0) is 31.9 Å². The third-order valence-electron chi connectivity index (χ3n) is 4.28. The fraction of sp³-hybridized carbons (Fsp3) is 0.318. The Morgan fingerprint density at radius 3 is 2.24 bits per heavy atom. The summed E-state index contributed by atoms with van der Waals surface area (Å²) in [6, 6.07) is 18.0. The van der Waals surface area contributed by atoms with Crippen LogP contribution in [0, 0.1) is 6.92 Å². The Morgan fingerprint density at radius 1 is 0.966 bits per heavy atom. The zero-order chi connectivity index (χ0) is 20.7. The van der Waals surface area contributed by atoms with Crippen LogP contribution in [-0.2, 0) is 26.6 Å². The molecular formula is C22H27N2O4P. The standard InChI is InChI=1S/C22H27N2O4P/c1-4-26-29(25,27-5-2)22-21(23-16-19-13-11-17(3)12-14-19)28-20(24-22)15-18-9-7-6-8-10-18/h6-14,23H,4-5,15-16H2,1-3H3. The van der Waals surface area contributed by atoms with Crippen LogP contribution < -0.4 is 10.8 Å². The Bertz CT molecular complexity index is 945. The van der Waals surface area contributed by atoms with Gasteiger partial charge in [0.1, 0.15) is 0 Å². The average Bonchev–Trinajstić information content (AvgIpc) is 3.12. The molecule has 6 nitrogen and oxygen atoms in total. The number of rotatable bonds is 10. The summed E-state index contributed by atoms with van der Waals surface area (Å²) >= 11 is 0. The Morgan fingerprint density at radius 2 is 1.62 bits per heavy atom. The molecule has 0 unspecified atom stereocenters. The van der Waals surface area contributed by atoms with Crippen LogP contribution in [0.15, 0.2) is 59.0 Å². The fourth-order valence-corrected chi connectivity index (χ4v) is 4.50. The van der Waals surface area contributed by atoms with E-state index in [-0.39, 0.29) is 18.6 Å². The number of nitrogens with zero attached hydrogens (tertiary/aromatic N) is 1. The fourth-order valence-electron chi connectivity index (χ4n) is 2.89. The molecule has 154 valence electrons. The van der Waals surface area contributed by atoms with E-state index in [1.165, 1.54) is 5.56 Å². The molecule has 29 heavy (non-hydrogen) atoms. The van der Waals surface area contributed by atoms with Crippen LogP contribution in [0.4, 0.5) is 5.88 Å². The van der Waals surface area contributed by atoms with Crippen molar-refractivity contribution in [2.75, 3.05) is 18.5 Å². The molecule has 0 spiro atoms. The molecule has 1 heterocycles. The van der Waals surface area contributed by atoms with Crippen molar-refractivity contribution in [2.24, 2.45) is 0 Å². The summed E-state index contributed by atoms with van der Waals surface area (Å²) in [5.41, 5.74) is 3.51. The van der Waals surface area contributed by atoms with E-state index < -0.39 is 7.60 Å². The summed E-state index contributed by atoms with van der Waals surface area (Å²) in [7, 11) is -3.59. The molecule has 7 heteroatoms. The smallest absolute Gasteiger partial charge is 0.385 e. The van der Waals surface area contributed by atoms with E-state index in [2.05, 4.69) is 10.3 Å². The van der Waals surface area contributed by atoms with Gasteiger partial charge in [0.2, 0.25) is 17.2 Å². The Kier molecular flexibility index (Phi) is 7.26. The van der Waals surface area contributed by atoms with Gasteiger partial charge in [-0.1, -0.05) is 60.2 Å². The highest BCUT2D eigenvalue weighted by Crippen LogP contribution is 2.48. The minimum Gasteiger partial charge on any atom is -0.424 e. The molecule has 3 aromatic rings. The number of aryl methyl sites for hydroxylation is 1. The third kappa shape index (κ3) is 5.57. The van der Waals surface area contributed by atoms with Crippen LogP contribution in [0.2, 0.25) is 0 Å². The second-order valence-electron chi connectivity index (χ2n) is 6.59. The topological polar surface area (TPSA) is 73.6 Å². The third-order valence-corrected chi connectivity index (χ3v) is 6.30. The number of nitrogens with one attached hydrogen (secondary N) is 1. The predicted molar refractivity (Wildman–Crippen MR) is 115 cm³/mol. The molecule has 1 aromatic heterocycles. The van der Waals surface area contributed by atoms with Gasteiger partial charge in [0.25, 0.3) is 0 Å². The number of hydrogen-bond donors (Lipinski definition) is 1. The first-order chi connectivity index (χ1) is 14.0. The van der Waals surface area contributed by atoms with Crippen LogP contribution in [0.1, 0.15) is 36.4 Å². The van der Waals surface area contributed by atoms with E-state index in [4.69, 9.17) is 13.5 Å². The van der Waals surface area contributed by atoms with Gasteiger partial charge in [-0.15, -0.1) is 0 Å². The summed E-state index contributed by atoms with van der Waals surface area (Å²) in [6.45, 7) is 6.59. The van der Waals surface area contributed by atoms with Crippen LogP contribution in [0.3, 0.4) is 0 Å². The van der Waals surface area contributed by atoms with Crippen molar-refractivity contribution in [3.63, 3.8) is 0 Å². The zero-order valence-corrected chi connectivity index (χ0v) is 17.9. The normalized spacial score (nSPS) is 11.6. The molecule has 0 fully saturated rings. The lowest BCUT2D eigenvalue weighted by molar-refractivity contribution is 0.229. The van der Waals surface area contributed by atoms with E-state index in [0.717, 1.165) is 11.1 Å². The highest BCUT2D eigenvalue weighted by atomic mass is 31.2. The number of anilines is 1. The van der Waals surface area contributed by atoms with E-state index in [1.54, 1.807) is 13.8 Å². The highest BCUT2D eigenvalue weighted by Gasteiger charge is 2.35. The summed E-state index contributed by atoms with van der Waals surface area (Å²) in [4.78, 5) is 4.50. The van der Waals surface area contributed by atoms with Gasteiger partial charge in [-0.3, -0.25) is 4.57 Å². The molecule has 1 N–H and O–H groups in total. The van der Waals surface area contributed by atoms with Crippen molar-refractivity contribution in [3.05, 3.63) is 77.2 Å². The largest absolute Gasteiger partial charge is 0.424 e. The van der Waals surface area contributed by atoms with Gasteiger partial charge >= 0.3 is 7.60 Å². The SMILES string of the molecule is CCOP(=O)(OCC)c1nc(Cc2ccccc2)oc1NCc1ccc(C)cc1. The second-order valence-corrected chi connectivity index (χ2v) is 8.53. The molecule has 0 bridgehead atoms. The quantitative estimate of drug-likeness (QED) is 0.467. The molecule has 0 saturated carbocycles. The summed E-state index contributed by atoms with van der Waals surface area (Å²) in [5, 5.41) is 3.22. The molecule has 0 aliphatic carbocycles. The van der Waals surface area contributed by atoms with E-state index in [9.17, 15) is 4.57 Å². The number of aromatic nitrogens is 1. The maximum atomic E-state index is 13.4. The molecular weight excluding hydrogens is 387 g/mol. The molecule has 0 saturated heterocycles. The van der Waals surface area contributed by atoms with Crippen LogP contribution in [-0.4, -0.2) is 18.2 Å². The maximum absolute atomic E-state index is 13.4. The van der Waals surface area contributed by atoms with E-state index >= 15 is 0 Å². The molecule has 3 rings (SSSR count). The Balaban J connectivity index is 1.90. The minimum absolute atomic E-state index is 0.194. The van der Waals surface area contributed by atoms with Crippen molar-refractivity contribution in [3.8, 4) is 0 Å². The second kappa shape index (κ2) is 9.88. The van der Waals surface area contributed by atoms with Crippen LogP contribution in [0.25, 0.3) is 0 Å². The van der Waals surface area contributed by atoms with Crippen LogP contribution >= 0.6 is 7.60 Å². The van der Waals surface area contributed by atoms with Crippen molar-refractivity contribution in [1.29, 1.82) is 0 Å². The number of hydrogen-bond acceptors (Lipinski definition) is 6. The molecule has 0 radical (unpaired) electrons. The van der Waals surface area contributed by atoms with Gasteiger partial charge in [0, 0.05) is 13.0 Å².